The van der Waals surface area contributed by atoms with Crippen LogP contribution in [0.3, 0.4) is 0 Å². The second-order valence-electron chi connectivity index (χ2n) is 3.74. The summed E-state index contributed by atoms with van der Waals surface area (Å²) < 4.78 is 0. The largest absolute Gasteiger partial charge is 1.00 e. The molecule has 0 bridgehead atoms. The number of unbranched alkanes of at least 4 members (excludes halogenated alkanes) is 1. The Morgan fingerprint density at radius 3 is 2.86 bits per heavy atom. The van der Waals surface area contributed by atoms with E-state index >= 15 is 0 Å². The van der Waals surface area contributed by atoms with Crippen LogP contribution in [0, 0.1) is 0 Å². The second kappa shape index (κ2) is 5.44. The van der Waals surface area contributed by atoms with Crippen molar-refractivity contribution >= 4 is 6.08 Å². The molecule has 0 saturated carbocycles. The summed E-state index contributed by atoms with van der Waals surface area (Å²) in [4.78, 5) is 0. The molecule has 0 radical (unpaired) electrons. The molecule has 1 aliphatic carbocycles. The van der Waals surface area contributed by atoms with Gasteiger partial charge in [-0.15, -0.1) is 0 Å². The molecule has 2 rings (SSSR count). The minimum atomic E-state index is 0. The van der Waals surface area contributed by atoms with Crippen molar-refractivity contribution < 1.29 is 20.3 Å². The number of hydrogen-bond donors (Lipinski definition) is 0. The van der Waals surface area contributed by atoms with Crippen LogP contribution in [0.15, 0.2) is 30.3 Å². The zero-order chi connectivity index (χ0) is 9.10. The number of benzene rings is 1. The van der Waals surface area contributed by atoms with Crippen LogP contribution in [-0.2, 0) is 0 Å². The molecule has 0 aliphatic heterocycles. The molecule has 0 N–H and O–H groups in total. The van der Waals surface area contributed by atoms with E-state index in [1.807, 2.05) is 0 Å². The van der Waals surface area contributed by atoms with Gasteiger partial charge in [0.05, 0.1) is 0 Å². The Bertz CT molecular complexity index is 320. The molecule has 0 heterocycles. The molecule has 1 aromatic rings. The Morgan fingerprint density at radius 2 is 2.07 bits per heavy atom. The van der Waals surface area contributed by atoms with Crippen LogP contribution in [0.1, 0.15) is 44.7 Å². The molecule has 70 valence electrons. The van der Waals surface area contributed by atoms with Gasteiger partial charge in [0, 0.05) is 5.92 Å². The van der Waals surface area contributed by atoms with E-state index in [1.54, 1.807) is 0 Å². The van der Waals surface area contributed by atoms with Gasteiger partial charge < -0.3 is 1.43 Å². The third-order valence-electron chi connectivity index (χ3n) is 2.77. The zero-order valence-corrected chi connectivity index (χ0v) is 9.16. The molecule has 0 amide bonds. The van der Waals surface area contributed by atoms with E-state index in [2.05, 4.69) is 43.3 Å². The van der Waals surface area contributed by atoms with Crippen molar-refractivity contribution in [2.24, 2.45) is 0 Å². The normalized spacial score (nSPS) is 17.6. The van der Waals surface area contributed by atoms with Gasteiger partial charge in [-0.25, -0.2) is 0 Å². The van der Waals surface area contributed by atoms with Crippen molar-refractivity contribution in [3.63, 3.8) is 0 Å². The third kappa shape index (κ3) is 2.32. The number of rotatable bonds is 3. The molecule has 14 heavy (non-hydrogen) atoms. The maximum atomic E-state index is 2.35. The predicted molar refractivity (Wildman–Crippen MR) is 58.9 cm³/mol. The van der Waals surface area contributed by atoms with E-state index in [0.29, 0.717) is 5.92 Å². The molecule has 1 aromatic carbocycles. The average Bonchev–Trinajstić information content (AvgIpc) is 2.58. The van der Waals surface area contributed by atoms with Crippen LogP contribution in [0.5, 0.6) is 0 Å². The summed E-state index contributed by atoms with van der Waals surface area (Å²) >= 11 is 0. The summed E-state index contributed by atoms with van der Waals surface area (Å²) in [6.07, 6.45) is 8.55. The van der Waals surface area contributed by atoms with Crippen LogP contribution >= 0.6 is 0 Å². The molecule has 1 heteroatoms. The smallest absolute Gasteiger partial charge is 1.00 e. The quantitative estimate of drug-likeness (QED) is 0.611. The predicted octanol–water partition coefficient (Wildman–Crippen LogP) is 1.10. The van der Waals surface area contributed by atoms with Crippen molar-refractivity contribution in [3.8, 4) is 0 Å². The van der Waals surface area contributed by atoms with Crippen LogP contribution in [0.25, 0.3) is 6.08 Å². The van der Waals surface area contributed by atoms with E-state index in [9.17, 15) is 0 Å². The van der Waals surface area contributed by atoms with Crippen molar-refractivity contribution in [1.82, 2.24) is 0 Å². The first-order valence-electron chi connectivity index (χ1n) is 5.19. The summed E-state index contributed by atoms with van der Waals surface area (Å²) in [5.41, 5.74) is 2.94. The van der Waals surface area contributed by atoms with E-state index < -0.39 is 0 Å². The summed E-state index contributed by atoms with van der Waals surface area (Å²) in [5, 5.41) is 0. The third-order valence-corrected chi connectivity index (χ3v) is 2.77. The van der Waals surface area contributed by atoms with Gasteiger partial charge in [-0.3, -0.25) is 0 Å². The van der Waals surface area contributed by atoms with Crippen LogP contribution in [0.2, 0.25) is 0 Å². The van der Waals surface area contributed by atoms with Crippen molar-refractivity contribution in [2.45, 2.75) is 32.1 Å². The SMILES string of the molecule is CCCCC1C=Cc2ccccc21.[H-].[Li+]. The van der Waals surface area contributed by atoms with Crippen molar-refractivity contribution in [1.29, 1.82) is 0 Å². The maximum Gasteiger partial charge on any atom is 1.00 e. The molecule has 0 nitrogen and oxygen atoms in total. The molecular formula is C13H17Li. The van der Waals surface area contributed by atoms with Gasteiger partial charge >= 0.3 is 18.9 Å². The first-order valence-corrected chi connectivity index (χ1v) is 5.19. The molecule has 1 atom stereocenters. The van der Waals surface area contributed by atoms with Gasteiger partial charge in [0.2, 0.25) is 0 Å². The Hall–Kier alpha value is -0.443. The first-order chi connectivity index (χ1) is 6.42. The Kier molecular flexibility index (Phi) is 4.52. The second-order valence-corrected chi connectivity index (χ2v) is 3.74. The fraction of sp³-hybridized carbons (Fsp3) is 0.385. The molecule has 1 aliphatic rings. The fourth-order valence-electron chi connectivity index (χ4n) is 2.00. The summed E-state index contributed by atoms with van der Waals surface area (Å²) in [6.45, 7) is 2.25. The topological polar surface area (TPSA) is 0 Å². The minimum Gasteiger partial charge on any atom is -1.00 e. The van der Waals surface area contributed by atoms with Crippen molar-refractivity contribution in [3.05, 3.63) is 41.5 Å². The summed E-state index contributed by atoms with van der Waals surface area (Å²) in [7, 11) is 0. The molecule has 0 spiro atoms. The van der Waals surface area contributed by atoms with Gasteiger partial charge in [0.15, 0.2) is 0 Å². The Labute approximate surface area is 100 Å². The van der Waals surface area contributed by atoms with Gasteiger partial charge in [-0.2, -0.15) is 0 Å². The van der Waals surface area contributed by atoms with Crippen LogP contribution in [0.4, 0.5) is 0 Å². The van der Waals surface area contributed by atoms with Crippen LogP contribution < -0.4 is 18.9 Å². The van der Waals surface area contributed by atoms with E-state index in [-0.39, 0.29) is 20.3 Å². The molecular weight excluding hydrogens is 163 g/mol. The van der Waals surface area contributed by atoms with Gasteiger partial charge in [0.25, 0.3) is 0 Å². The number of fused-ring (bicyclic) bond motifs is 1. The molecule has 0 aromatic heterocycles. The zero-order valence-electron chi connectivity index (χ0n) is 10.2. The molecule has 1 unspecified atom stereocenters. The first kappa shape index (κ1) is 11.6. The fourth-order valence-corrected chi connectivity index (χ4v) is 2.00. The maximum absolute atomic E-state index is 2.35. The van der Waals surface area contributed by atoms with E-state index in [4.69, 9.17) is 0 Å². The van der Waals surface area contributed by atoms with Gasteiger partial charge in [-0.05, 0) is 17.5 Å². The molecule has 0 saturated heterocycles. The summed E-state index contributed by atoms with van der Waals surface area (Å²) in [5.74, 6) is 0.691. The Balaban J connectivity index is 0.000000980. The van der Waals surface area contributed by atoms with E-state index in [1.165, 1.54) is 30.4 Å². The van der Waals surface area contributed by atoms with Gasteiger partial charge in [0.1, 0.15) is 0 Å². The van der Waals surface area contributed by atoms with Crippen LogP contribution in [-0.4, -0.2) is 0 Å². The standard InChI is InChI=1S/C13H16.Li.H/c1-2-3-6-11-9-10-12-7-4-5-8-13(11)12;;/h4-5,7-11H,2-3,6H2,1H3;;/q;+1;-1. The molecule has 0 fully saturated rings. The van der Waals surface area contributed by atoms with Crippen molar-refractivity contribution in [2.75, 3.05) is 0 Å². The Morgan fingerprint density at radius 1 is 1.29 bits per heavy atom. The summed E-state index contributed by atoms with van der Waals surface area (Å²) in [6, 6.07) is 8.73. The van der Waals surface area contributed by atoms with E-state index in [0.717, 1.165) is 0 Å². The average molecular weight is 180 g/mol. The monoisotopic (exact) mass is 180 g/mol. The number of hydrogen-bond acceptors (Lipinski definition) is 0. The minimum absolute atomic E-state index is 0. The van der Waals surface area contributed by atoms with Gasteiger partial charge in [-0.1, -0.05) is 56.2 Å². The number of allylic oxidation sites excluding steroid dienone is 1.